The molecule has 0 bridgehead atoms. The maximum absolute atomic E-state index is 5.90. The van der Waals surface area contributed by atoms with Gasteiger partial charge in [-0.15, -0.1) is 0 Å². The van der Waals surface area contributed by atoms with E-state index in [1.807, 2.05) is 25.1 Å². The van der Waals surface area contributed by atoms with Gasteiger partial charge in [-0.3, -0.25) is 0 Å². The molecule has 2 N–H and O–H groups in total. The van der Waals surface area contributed by atoms with Gasteiger partial charge in [0, 0.05) is 5.02 Å². The Morgan fingerprint density at radius 3 is 3.05 bits per heavy atom. The SMILES string of the molecule is Cc1ccc(/C=N/Nc2nc3cc(Cl)ccc3[nH]2)o1. The van der Waals surface area contributed by atoms with Gasteiger partial charge in [0.25, 0.3) is 0 Å². The van der Waals surface area contributed by atoms with Crippen LogP contribution in [0.2, 0.25) is 5.02 Å². The van der Waals surface area contributed by atoms with E-state index in [2.05, 4.69) is 20.5 Å². The van der Waals surface area contributed by atoms with Crippen LogP contribution in [0.1, 0.15) is 11.5 Å². The summed E-state index contributed by atoms with van der Waals surface area (Å²) in [7, 11) is 0. The fraction of sp³-hybridized carbons (Fsp3) is 0.0769. The van der Waals surface area contributed by atoms with Crippen molar-refractivity contribution in [1.29, 1.82) is 0 Å². The average molecular weight is 275 g/mol. The number of nitrogens with zero attached hydrogens (tertiary/aromatic N) is 2. The van der Waals surface area contributed by atoms with Crippen LogP contribution in [0.15, 0.2) is 39.9 Å². The number of halogens is 1. The van der Waals surface area contributed by atoms with Gasteiger partial charge < -0.3 is 9.40 Å². The molecule has 2 heterocycles. The number of hydrogen-bond acceptors (Lipinski definition) is 4. The molecule has 0 aliphatic rings. The number of fused-ring (bicyclic) bond motifs is 1. The first-order valence-electron chi connectivity index (χ1n) is 5.71. The molecule has 3 rings (SSSR count). The van der Waals surface area contributed by atoms with Crippen molar-refractivity contribution in [2.75, 3.05) is 5.43 Å². The number of rotatable bonds is 3. The minimum Gasteiger partial charge on any atom is -0.460 e. The van der Waals surface area contributed by atoms with Crippen molar-refractivity contribution in [1.82, 2.24) is 9.97 Å². The van der Waals surface area contributed by atoms with Gasteiger partial charge in [0.05, 0.1) is 17.2 Å². The summed E-state index contributed by atoms with van der Waals surface area (Å²) in [6.07, 6.45) is 1.59. The summed E-state index contributed by atoms with van der Waals surface area (Å²) in [5, 5.41) is 4.70. The number of anilines is 1. The molecular weight excluding hydrogens is 264 g/mol. The predicted octanol–water partition coefficient (Wildman–Crippen LogP) is 3.56. The van der Waals surface area contributed by atoms with Gasteiger partial charge in [0.2, 0.25) is 5.95 Å². The van der Waals surface area contributed by atoms with E-state index in [0.717, 1.165) is 16.8 Å². The van der Waals surface area contributed by atoms with Crippen LogP contribution in [0, 0.1) is 6.92 Å². The van der Waals surface area contributed by atoms with Gasteiger partial charge in [-0.1, -0.05) is 11.6 Å². The summed E-state index contributed by atoms with van der Waals surface area (Å²) in [4.78, 5) is 7.40. The number of aromatic nitrogens is 2. The van der Waals surface area contributed by atoms with E-state index >= 15 is 0 Å². The van der Waals surface area contributed by atoms with Gasteiger partial charge in [0.1, 0.15) is 11.5 Å². The monoisotopic (exact) mass is 274 g/mol. The summed E-state index contributed by atoms with van der Waals surface area (Å²) in [5.74, 6) is 2.08. The van der Waals surface area contributed by atoms with E-state index in [4.69, 9.17) is 16.0 Å². The molecule has 0 spiro atoms. The summed E-state index contributed by atoms with van der Waals surface area (Å²) in [6.45, 7) is 1.88. The van der Waals surface area contributed by atoms with Crippen molar-refractivity contribution in [2.24, 2.45) is 5.10 Å². The first-order valence-corrected chi connectivity index (χ1v) is 6.09. The third-order valence-corrected chi connectivity index (χ3v) is 2.80. The van der Waals surface area contributed by atoms with Crippen LogP contribution in [-0.4, -0.2) is 16.2 Å². The quantitative estimate of drug-likeness (QED) is 0.567. The van der Waals surface area contributed by atoms with Crippen LogP contribution in [0.3, 0.4) is 0 Å². The zero-order valence-electron chi connectivity index (χ0n) is 10.1. The maximum atomic E-state index is 5.90. The second kappa shape index (κ2) is 4.78. The molecule has 96 valence electrons. The van der Waals surface area contributed by atoms with Crippen LogP contribution < -0.4 is 5.43 Å². The van der Waals surface area contributed by atoms with E-state index in [0.29, 0.717) is 16.7 Å². The van der Waals surface area contributed by atoms with Crippen LogP contribution in [-0.2, 0) is 0 Å². The lowest BCUT2D eigenvalue weighted by Gasteiger charge is -1.91. The number of imidazole rings is 1. The Morgan fingerprint density at radius 2 is 2.26 bits per heavy atom. The highest BCUT2D eigenvalue weighted by atomic mass is 35.5. The molecule has 19 heavy (non-hydrogen) atoms. The lowest BCUT2D eigenvalue weighted by Crippen LogP contribution is -1.91. The molecule has 0 saturated carbocycles. The van der Waals surface area contributed by atoms with Crippen molar-refractivity contribution < 1.29 is 4.42 Å². The highest BCUT2D eigenvalue weighted by Gasteiger charge is 2.02. The topological polar surface area (TPSA) is 66.2 Å². The lowest BCUT2D eigenvalue weighted by molar-refractivity contribution is 0.528. The zero-order chi connectivity index (χ0) is 13.2. The van der Waals surface area contributed by atoms with Crippen molar-refractivity contribution in [3.05, 3.63) is 46.9 Å². The Bertz CT molecular complexity index is 744. The Balaban J connectivity index is 1.76. The van der Waals surface area contributed by atoms with E-state index in [1.165, 1.54) is 0 Å². The highest BCUT2D eigenvalue weighted by Crippen LogP contribution is 2.18. The first kappa shape index (κ1) is 11.8. The van der Waals surface area contributed by atoms with Gasteiger partial charge in [0.15, 0.2) is 0 Å². The van der Waals surface area contributed by atoms with E-state index in [1.54, 1.807) is 18.3 Å². The third-order valence-electron chi connectivity index (χ3n) is 2.57. The smallest absolute Gasteiger partial charge is 0.222 e. The number of benzene rings is 1. The first-order chi connectivity index (χ1) is 9.20. The number of hydrazone groups is 1. The molecular formula is C13H11ClN4O. The summed E-state index contributed by atoms with van der Waals surface area (Å²) in [5.41, 5.74) is 4.50. The third kappa shape index (κ3) is 2.61. The minimum absolute atomic E-state index is 0.553. The number of H-pyrrole nitrogens is 1. The molecule has 6 heteroatoms. The fourth-order valence-electron chi connectivity index (χ4n) is 1.71. The van der Waals surface area contributed by atoms with Crippen molar-refractivity contribution in [3.8, 4) is 0 Å². The Labute approximate surface area is 114 Å². The zero-order valence-corrected chi connectivity index (χ0v) is 10.9. The summed E-state index contributed by atoms with van der Waals surface area (Å²) >= 11 is 5.90. The summed E-state index contributed by atoms with van der Waals surface area (Å²) < 4.78 is 5.36. The highest BCUT2D eigenvalue weighted by molar-refractivity contribution is 6.31. The Morgan fingerprint density at radius 1 is 1.37 bits per heavy atom. The van der Waals surface area contributed by atoms with Gasteiger partial charge >= 0.3 is 0 Å². The van der Waals surface area contributed by atoms with Gasteiger partial charge in [-0.05, 0) is 37.3 Å². The van der Waals surface area contributed by atoms with E-state index in [9.17, 15) is 0 Å². The molecule has 0 saturated heterocycles. The fourth-order valence-corrected chi connectivity index (χ4v) is 1.88. The second-order valence-electron chi connectivity index (χ2n) is 4.07. The predicted molar refractivity (Wildman–Crippen MR) is 75.8 cm³/mol. The molecule has 1 aromatic carbocycles. The molecule has 3 aromatic rings. The largest absolute Gasteiger partial charge is 0.460 e. The Hall–Kier alpha value is -2.27. The van der Waals surface area contributed by atoms with Crippen molar-refractivity contribution in [2.45, 2.75) is 6.92 Å². The normalized spacial score (nSPS) is 11.5. The number of aromatic amines is 1. The van der Waals surface area contributed by atoms with Gasteiger partial charge in [-0.25, -0.2) is 10.4 Å². The summed E-state index contributed by atoms with van der Waals surface area (Å²) in [6, 6.07) is 9.19. The molecule has 0 atom stereocenters. The second-order valence-corrected chi connectivity index (χ2v) is 4.50. The van der Waals surface area contributed by atoms with Crippen molar-refractivity contribution >= 4 is 34.8 Å². The number of nitrogens with one attached hydrogen (secondary N) is 2. The lowest BCUT2D eigenvalue weighted by atomic mass is 10.3. The molecule has 0 radical (unpaired) electrons. The Kier molecular flexibility index (Phi) is 2.97. The standard InChI is InChI=1S/C13H11ClN4O/c1-8-2-4-10(19-8)7-15-18-13-16-11-5-3-9(14)6-12(11)17-13/h2-7H,1H3,(H2,16,17,18)/b15-7+. The number of aryl methyl sites for hydroxylation is 1. The molecule has 0 fully saturated rings. The van der Waals surface area contributed by atoms with Crippen molar-refractivity contribution in [3.63, 3.8) is 0 Å². The molecule has 5 nitrogen and oxygen atoms in total. The number of furan rings is 1. The molecule has 0 unspecified atom stereocenters. The molecule has 0 amide bonds. The average Bonchev–Trinajstić information content (AvgIpc) is 2.95. The number of hydrogen-bond donors (Lipinski definition) is 2. The molecule has 2 aromatic heterocycles. The van der Waals surface area contributed by atoms with Crippen LogP contribution >= 0.6 is 11.6 Å². The van der Waals surface area contributed by atoms with E-state index < -0.39 is 0 Å². The van der Waals surface area contributed by atoms with Gasteiger partial charge in [-0.2, -0.15) is 5.10 Å². The van der Waals surface area contributed by atoms with Crippen LogP contribution in [0.4, 0.5) is 5.95 Å². The van der Waals surface area contributed by atoms with Crippen LogP contribution in [0.25, 0.3) is 11.0 Å². The van der Waals surface area contributed by atoms with Crippen LogP contribution in [0.5, 0.6) is 0 Å². The molecule has 0 aliphatic heterocycles. The maximum Gasteiger partial charge on any atom is 0.222 e. The van der Waals surface area contributed by atoms with E-state index in [-0.39, 0.29) is 0 Å². The molecule has 0 aliphatic carbocycles. The minimum atomic E-state index is 0.553.